The first kappa shape index (κ1) is 13.8. The molecule has 2 fully saturated rings. The highest BCUT2D eigenvalue weighted by molar-refractivity contribution is 5.06. The van der Waals surface area contributed by atoms with E-state index in [0.29, 0.717) is 12.6 Å². The van der Waals surface area contributed by atoms with Gasteiger partial charge in [-0.15, -0.1) is 6.58 Å². The predicted octanol–water partition coefficient (Wildman–Crippen LogP) is 1.35. The average molecular weight is 277 g/mol. The minimum atomic E-state index is 0.209. The molecule has 20 heavy (non-hydrogen) atoms. The Kier molecular flexibility index (Phi) is 4.19. The van der Waals surface area contributed by atoms with Crippen molar-refractivity contribution >= 4 is 0 Å². The first-order valence-electron chi connectivity index (χ1n) is 7.33. The lowest BCUT2D eigenvalue weighted by atomic mass is 10.1. The summed E-state index contributed by atoms with van der Waals surface area (Å²) in [5.74, 6) is 0. The molecule has 0 aromatic carbocycles. The maximum Gasteiger partial charge on any atom is 0.0992 e. The third kappa shape index (κ3) is 2.80. The van der Waals surface area contributed by atoms with Crippen LogP contribution in [0.2, 0.25) is 0 Å². The molecule has 5 heteroatoms. The van der Waals surface area contributed by atoms with Crippen molar-refractivity contribution in [1.29, 1.82) is 0 Å². The van der Waals surface area contributed by atoms with Gasteiger partial charge in [0.25, 0.3) is 0 Å². The summed E-state index contributed by atoms with van der Waals surface area (Å²) in [6.07, 6.45) is 8.49. The van der Waals surface area contributed by atoms with Crippen molar-refractivity contribution in [2.24, 2.45) is 7.05 Å². The summed E-state index contributed by atoms with van der Waals surface area (Å²) in [5, 5.41) is 4.25. The Morgan fingerprint density at radius 2 is 2.45 bits per heavy atom. The lowest BCUT2D eigenvalue weighted by Crippen LogP contribution is -2.51. The fraction of sp³-hybridized carbons (Fsp3) is 0.667. The number of ether oxygens (including phenoxy) is 2. The van der Waals surface area contributed by atoms with Crippen LogP contribution in [0.3, 0.4) is 0 Å². The second-order valence-electron chi connectivity index (χ2n) is 5.63. The quantitative estimate of drug-likeness (QED) is 0.762. The van der Waals surface area contributed by atoms with Crippen LogP contribution in [-0.2, 0) is 23.1 Å². The summed E-state index contributed by atoms with van der Waals surface area (Å²) in [5.41, 5.74) is 1.27. The smallest absolute Gasteiger partial charge is 0.0992 e. The van der Waals surface area contributed by atoms with Gasteiger partial charge in [-0.3, -0.25) is 9.58 Å². The molecule has 0 amide bonds. The Morgan fingerprint density at radius 1 is 1.55 bits per heavy atom. The van der Waals surface area contributed by atoms with Crippen molar-refractivity contribution in [1.82, 2.24) is 14.7 Å². The lowest BCUT2D eigenvalue weighted by Gasteiger charge is -2.38. The molecule has 0 spiro atoms. The SMILES string of the molecule is C=CCO[C@@H]1CC[C@H]2[C@H]1OCCN2Cc1cnn(C)c1. The number of fused-ring (bicyclic) bond motifs is 1. The van der Waals surface area contributed by atoms with E-state index < -0.39 is 0 Å². The van der Waals surface area contributed by atoms with Gasteiger partial charge in [0, 0.05) is 37.9 Å². The Morgan fingerprint density at radius 3 is 3.20 bits per heavy atom. The molecule has 1 aliphatic heterocycles. The minimum Gasteiger partial charge on any atom is -0.373 e. The van der Waals surface area contributed by atoms with Gasteiger partial charge in [-0.05, 0) is 12.8 Å². The second kappa shape index (κ2) is 6.08. The zero-order valence-corrected chi connectivity index (χ0v) is 12.1. The Bertz CT molecular complexity index is 460. The Balaban J connectivity index is 1.63. The molecule has 0 bridgehead atoms. The first-order valence-corrected chi connectivity index (χ1v) is 7.33. The molecule has 5 nitrogen and oxygen atoms in total. The van der Waals surface area contributed by atoms with Gasteiger partial charge in [0.05, 0.1) is 31.6 Å². The van der Waals surface area contributed by atoms with Crippen LogP contribution in [-0.4, -0.2) is 52.7 Å². The van der Waals surface area contributed by atoms with Gasteiger partial charge in [-0.2, -0.15) is 5.10 Å². The molecular formula is C15H23N3O2. The summed E-state index contributed by atoms with van der Waals surface area (Å²) < 4.78 is 13.7. The number of aromatic nitrogens is 2. The molecule has 1 saturated heterocycles. The van der Waals surface area contributed by atoms with Crippen LogP contribution >= 0.6 is 0 Å². The normalized spacial score (nSPS) is 30.4. The zero-order valence-electron chi connectivity index (χ0n) is 12.1. The van der Waals surface area contributed by atoms with Gasteiger partial charge in [-0.25, -0.2) is 0 Å². The molecule has 3 atom stereocenters. The third-order valence-electron chi connectivity index (χ3n) is 4.22. The summed E-state index contributed by atoms with van der Waals surface area (Å²) in [6.45, 7) is 7.05. The second-order valence-corrected chi connectivity index (χ2v) is 5.63. The molecule has 3 rings (SSSR count). The van der Waals surface area contributed by atoms with E-state index in [1.807, 2.05) is 24.0 Å². The van der Waals surface area contributed by atoms with Gasteiger partial charge in [0.15, 0.2) is 0 Å². The lowest BCUT2D eigenvalue weighted by molar-refractivity contribution is -0.111. The van der Waals surface area contributed by atoms with E-state index >= 15 is 0 Å². The summed E-state index contributed by atoms with van der Waals surface area (Å²) in [6, 6.07) is 0.471. The van der Waals surface area contributed by atoms with Crippen LogP contribution < -0.4 is 0 Å². The van der Waals surface area contributed by atoms with E-state index in [1.165, 1.54) is 5.56 Å². The van der Waals surface area contributed by atoms with E-state index in [-0.39, 0.29) is 12.2 Å². The fourth-order valence-electron chi connectivity index (χ4n) is 3.35. The highest BCUT2D eigenvalue weighted by Crippen LogP contribution is 2.32. The van der Waals surface area contributed by atoms with Gasteiger partial charge >= 0.3 is 0 Å². The van der Waals surface area contributed by atoms with Crippen molar-refractivity contribution in [3.05, 3.63) is 30.6 Å². The topological polar surface area (TPSA) is 39.5 Å². The standard InChI is InChI=1S/C15H23N3O2/c1-3-7-19-14-5-4-13-15(14)20-8-6-18(13)11-12-9-16-17(2)10-12/h3,9-10,13-15H,1,4-8,11H2,2H3/t13-,14+,15+/m0/s1. The molecule has 1 aromatic heterocycles. The molecule has 1 saturated carbocycles. The van der Waals surface area contributed by atoms with Crippen LogP contribution in [0.25, 0.3) is 0 Å². The largest absolute Gasteiger partial charge is 0.373 e. The number of hydrogen-bond donors (Lipinski definition) is 0. The van der Waals surface area contributed by atoms with Crippen molar-refractivity contribution in [3.8, 4) is 0 Å². The van der Waals surface area contributed by atoms with Crippen LogP contribution in [0.1, 0.15) is 18.4 Å². The van der Waals surface area contributed by atoms with E-state index in [9.17, 15) is 0 Å². The highest BCUT2D eigenvalue weighted by atomic mass is 16.5. The molecule has 1 aliphatic carbocycles. The predicted molar refractivity (Wildman–Crippen MR) is 76.3 cm³/mol. The summed E-state index contributed by atoms with van der Waals surface area (Å²) in [7, 11) is 1.96. The van der Waals surface area contributed by atoms with Crippen molar-refractivity contribution in [2.75, 3.05) is 19.8 Å². The van der Waals surface area contributed by atoms with Crippen LogP contribution in [0.5, 0.6) is 0 Å². The molecular weight excluding hydrogens is 254 g/mol. The number of nitrogens with zero attached hydrogens (tertiary/aromatic N) is 3. The van der Waals surface area contributed by atoms with E-state index in [1.54, 1.807) is 0 Å². The van der Waals surface area contributed by atoms with Crippen LogP contribution in [0.4, 0.5) is 0 Å². The molecule has 110 valence electrons. The third-order valence-corrected chi connectivity index (χ3v) is 4.22. The average Bonchev–Trinajstić information content (AvgIpc) is 3.04. The number of aryl methyl sites for hydroxylation is 1. The molecule has 2 aliphatic rings. The molecule has 2 heterocycles. The van der Waals surface area contributed by atoms with E-state index in [0.717, 1.165) is 32.5 Å². The van der Waals surface area contributed by atoms with Crippen LogP contribution in [0.15, 0.2) is 25.0 Å². The minimum absolute atomic E-state index is 0.209. The summed E-state index contributed by atoms with van der Waals surface area (Å²) in [4.78, 5) is 2.52. The zero-order chi connectivity index (χ0) is 13.9. The van der Waals surface area contributed by atoms with E-state index in [4.69, 9.17) is 9.47 Å². The van der Waals surface area contributed by atoms with Gasteiger partial charge in [0.2, 0.25) is 0 Å². The highest BCUT2D eigenvalue weighted by Gasteiger charge is 2.43. The summed E-state index contributed by atoms with van der Waals surface area (Å²) >= 11 is 0. The van der Waals surface area contributed by atoms with Crippen molar-refractivity contribution in [3.63, 3.8) is 0 Å². The van der Waals surface area contributed by atoms with Crippen molar-refractivity contribution < 1.29 is 9.47 Å². The number of morpholine rings is 1. The Labute approximate surface area is 120 Å². The van der Waals surface area contributed by atoms with E-state index in [2.05, 4.69) is 22.8 Å². The number of hydrogen-bond acceptors (Lipinski definition) is 4. The van der Waals surface area contributed by atoms with Crippen molar-refractivity contribution in [2.45, 2.75) is 37.6 Å². The first-order chi connectivity index (χ1) is 9.78. The maximum absolute atomic E-state index is 5.96. The monoisotopic (exact) mass is 277 g/mol. The van der Waals surface area contributed by atoms with Gasteiger partial charge in [-0.1, -0.05) is 6.08 Å². The van der Waals surface area contributed by atoms with Gasteiger partial charge in [0.1, 0.15) is 0 Å². The number of rotatable bonds is 5. The molecule has 0 N–H and O–H groups in total. The fourth-order valence-corrected chi connectivity index (χ4v) is 3.35. The molecule has 0 unspecified atom stereocenters. The molecule has 1 aromatic rings. The maximum atomic E-state index is 5.96. The van der Waals surface area contributed by atoms with Gasteiger partial charge < -0.3 is 9.47 Å². The van der Waals surface area contributed by atoms with Crippen LogP contribution in [0, 0.1) is 0 Å². The molecule has 0 radical (unpaired) electrons. The Hall–Kier alpha value is -1.17.